The Morgan fingerprint density at radius 1 is 1.28 bits per heavy atom. The molecule has 2 rings (SSSR count). The summed E-state index contributed by atoms with van der Waals surface area (Å²) in [7, 11) is 1.67. The molecule has 1 aromatic heterocycles. The number of carbonyl (C=O) groups excluding carboxylic acids is 1. The molecule has 0 aliphatic heterocycles. The number of nitrogens with one attached hydrogen (secondary N) is 1. The third-order valence-electron chi connectivity index (χ3n) is 2.89. The van der Waals surface area contributed by atoms with Crippen molar-refractivity contribution in [2.24, 2.45) is 7.05 Å². The van der Waals surface area contributed by atoms with E-state index in [1.165, 1.54) is 4.57 Å². The largest absolute Gasteiger partial charge is 0.321 e. The number of thiazole rings is 1. The van der Waals surface area contributed by atoms with Gasteiger partial charge in [0, 0.05) is 18.4 Å². The number of carbonyl (C=O) groups is 1. The summed E-state index contributed by atoms with van der Waals surface area (Å²) >= 11 is 0.970. The van der Waals surface area contributed by atoms with Crippen LogP contribution in [0.1, 0.15) is 20.9 Å². The molecular weight excluding hydrogens is 248 g/mol. The molecule has 0 bridgehead atoms. The van der Waals surface area contributed by atoms with Gasteiger partial charge in [-0.25, -0.2) is 0 Å². The van der Waals surface area contributed by atoms with Gasteiger partial charge in [0.15, 0.2) is 0 Å². The average Bonchev–Trinajstić information content (AvgIpc) is 2.60. The number of benzene rings is 1. The van der Waals surface area contributed by atoms with Crippen molar-refractivity contribution in [3.63, 3.8) is 0 Å². The second-order valence-electron chi connectivity index (χ2n) is 4.11. The zero-order chi connectivity index (χ0) is 13.3. The Hall–Kier alpha value is -1.88. The first-order valence-electron chi connectivity index (χ1n) is 5.54. The van der Waals surface area contributed by atoms with E-state index in [1.807, 2.05) is 31.2 Å². The fourth-order valence-corrected chi connectivity index (χ4v) is 2.50. The standard InChI is InChI=1S/C13H14N2O2S/c1-8-6-4-5-7-10(8)14-12(16)11-9(2)15(3)13(17)18-11/h4-7H,1-3H3,(H,14,16). The molecule has 1 aromatic carbocycles. The highest BCUT2D eigenvalue weighted by molar-refractivity contribution is 7.11. The van der Waals surface area contributed by atoms with Gasteiger partial charge in [-0.2, -0.15) is 0 Å². The minimum Gasteiger partial charge on any atom is -0.321 e. The molecule has 0 aliphatic rings. The van der Waals surface area contributed by atoms with E-state index in [2.05, 4.69) is 5.32 Å². The van der Waals surface area contributed by atoms with E-state index >= 15 is 0 Å². The minimum atomic E-state index is -0.232. The molecule has 0 unspecified atom stereocenters. The molecule has 0 aliphatic carbocycles. The maximum absolute atomic E-state index is 12.1. The van der Waals surface area contributed by atoms with Crippen LogP contribution in [0, 0.1) is 13.8 Å². The normalized spacial score (nSPS) is 10.4. The monoisotopic (exact) mass is 262 g/mol. The Morgan fingerprint density at radius 3 is 2.50 bits per heavy atom. The summed E-state index contributed by atoms with van der Waals surface area (Å²) in [6.07, 6.45) is 0. The van der Waals surface area contributed by atoms with Crippen molar-refractivity contribution in [1.29, 1.82) is 0 Å². The molecule has 0 spiro atoms. The second-order valence-corrected chi connectivity index (χ2v) is 5.07. The van der Waals surface area contributed by atoms with Crippen LogP contribution in [-0.4, -0.2) is 10.5 Å². The molecule has 18 heavy (non-hydrogen) atoms. The van der Waals surface area contributed by atoms with Crippen molar-refractivity contribution < 1.29 is 4.79 Å². The van der Waals surface area contributed by atoms with Crippen molar-refractivity contribution in [3.8, 4) is 0 Å². The van der Waals surface area contributed by atoms with Gasteiger partial charge in [0.05, 0.1) is 0 Å². The van der Waals surface area contributed by atoms with Gasteiger partial charge in [0.1, 0.15) is 4.88 Å². The summed E-state index contributed by atoms with van der Waals surface area (Å²) in [6.45, 7) is 3.70. The molecule has 94 valence electrons. The summed E-state index contributed by atoms with van der Waals surface area (Å²) in [6, 6.07) is 7.55. The summed E-state index contributed by atoms with van der Waals surface area (Å²) < 4.78 is 1.48. The van der Waals surface area contributed by atoms with Crippen LogP contribution in [0.2, 0.25) is 0 Å². The Kier molecular flexibility index (Phi) is 3.34. The van der Waals surface area contributed by atoms with Gasteiger partial charge < -0.3 is 9.88 Å². The van der Waals surface area contributed by atoms with E-state index in [0.29, 0.717) is 10.6 Å². The van der Waals surface area contributed by atoms with Crippen LogP contribution in [0.25, 0.3) is 0 Å². The predicted octanol–water partition coefficient (Wildman–Crippen LogP) is 2.32. The number of rotatable bonds is 2. The molecule has 2 aromatic rings. The van der Waals surface area contributed by atoms with Gasteiger partial charge in [-0.05, 0) is 25.5 Å². The first-order chi connectivity index (χ1) is 8.50. The van der Waals surface area contributed by atoms with Crippen LogP contribution >= 0.6 is 11.3 Å². The Balaban J connectivity index is 2.31. The lowest BCUT2D eigenvalue weighted by atomic mass is 10.2. The predicted molar refractivity (Wildman–Crippen MR) is 73.4 cm³/mol. The Bertz CT molecular complexity index is 655. The van der Waals surface area contributed by atoms with E-state index in [-0.39, 0.29) is 10.8 Å². The molecule has 0 saturated heterocycles. The topological polar surface area (TPSA) is 51.1 Å². The lowest BCUT2D eigenvalue weighted by Gasteiger charge is -2.07. The van der Waals surface area contributed by atoms with Crippen LogP contribution < -0.4 is 10.2 Å². The van der Waals surface area contributed by atoms with E-state index in [4.69, 9.17) is 0 Å². The van der Waals surface area contributed by atoms with Crippen molar-refractivity contribution in [2.75, 3.05) is 5.32 Å². The van der Waals surface area contributed by atoms with E-state index in [9.17, 15) is 9.59 Å². The number of hydrogen-bond acceptors (Lipinski definition) is 3. The maximum atomic E-state index is 12.1. The molecule has 0 atom stereocenters. The third kappa shape index (κ3) is 2.22. The van der Waals surface area contributed by atoms with Crippen LogP contribution in [0.15, 0.2) is 29.1 Å². The van der Waals surface area contributed by atoms with Crippen LogP contribution in [0.4, 0.5) is 5.69 Å². The van der Waals surface area contributed by atoms with Gasteiger partial charge in [-0.3, -0.25) is 9.59 Å². The van der Waals surface area contributed by atoms with Crippen molar-refractivity contribution in [2.45, 2.75) is 13.8 Å². The number of amides is 1. The minimum absolute atomic E-state index is 0.123. The van der Waals surface area contributed by atoms with Crippen molar-refractivity contribution in [1.82, 2.24) is 4.57 Å². The zero-order valence-electron chi connectivity index (χ0n) is 10.5. The molecule has 4 nitrogen and oxygen atoms in total. The lowest BCUT2D eigenvalue weighted by Crippen LogP contribution is -2.13. The number of hydrogen-bond donors (Lipinski definition) is 1. The quantitative estimate of drug-likeness (QED) is 0.903. The van der Waals surface area contributed by atoms with Crippen LogP contribution in [0.3, 0.4) is 0 Å². The number of nitrogens with zero attached hydrogens (tertiary/aromatic N) is 1. The van der Waals surface area contributed by atoms with Gasteiger partial charge >= 0.3 is 4.87 Å². The van der Waals surface area contributed by atoms with E-state index < -0.39 is 0 Å². The summed E-state index contributed by atoms with van der Waals surface area (Å²) in [5, 5.41) is 2.83. The fourth-order valence-electron chi connectivity index (χ4n) is 1.62. The summed E-state index contributed by atoms with van der Waals surface area (Å²) in [4.78, 5) is 23.9. The highest BCUT2D eigenvalue weighted by Gasteiger charge is 2.16. The van der Waals surface area contributed by atoms with Gasteiger partial charge in [0.2, 0.25) is 0 Å². The molecule has 1 heterocycles. The number of aryl methyl sites for hydroxylation is 1. The smallest absolute Gasteiger partial charge is 0.307 e. The number of para-hydroxylation sites is 1. The molecule has 1 N–H and O–H groups in total. The SMILES string of the molecule is Cc1ccccc1NC(=O)c1sc(=O)n(C)c1C. The van der Waals surface area contributed by atoms with Crippen LogP contribution in [0.5, 0.6) is 0 Å². The lowest BCUT2D eigenvalue weighted by molar-refractivity contribution is 0.102. The molecule has 0 radical (unpaired) electrons. The Morgan fingerprint density at radius 2 is 1.94 bits per heavy atom. The number of aromatic nitrogens is 1. The fraction of sp³-hybridized carbons (Fsp3) is 0.231. The molecular formula is C13H14N2O2S. The maximum Gasteiger partial charge on any atom is 0.307 e. The van der Waals surface area contributed by atoms with E-state index in [1.54, 1.807) is 14.0 Å². The molecule has 1 amide bonds. The molecule has 0 fully saturated rings. The third-order valence-corrected chi connectivity index (χ3v) is 4.03. The summed E-state index contributed by atoms with van der Waals surface area (Å²) in [5.74, 6) is -0.232. The summed E-state index contributed by atoms with van der Waals surface area (Å²) in [5.41, 5.74) is 2.45. The second kappa shape index (κ2) is 4.78. The Labute approximate surface area is 109 Å². The molecule has 5 heteroatoms. The zero-order valence-corrected chi connectivity index (χ0v) is 11.3. The highest BCUT2D eigenvalue weighted by atomic mass is 32.1. The highest BCUT2D eigenvalue weighted by Crippen LogP contribution is 2.17. The van der Waals surface area contributed by atoms with Crippen molar-refractivity contribution in [3.05, 3.63) is 50.1 Å². The average molecular weight is 262 g/mol. The van der Waals surface area contributed by atoms with Gasteiger partial charge in [0.25, 0.3) is 5.91 Å². The first kappa shape index (κ1) is 12.6. The van der Waals surface area contributed by atoms with Crippen LogP contribution in [-0.2, 0) is 7.05 Å². The first-order valence-corrected chi connectivity index (χ1v) is 6.35. The number of anilines is 1. The molecule has 0 saturated carbocycles. The van der Waals surface area contributed by atoms with E-state index in [0.717, 1.165) is 22.6 Å². The van der Waals surface area contributed by atoms with Gasteiger partial charge in [-0.1, -0.05) is 29.5 Å². The van der Waals surface area contributed by atoms with Crippen molar-refractivity contribution >= 4 is 22.9 Å². The van der Waals surface area contributed by atoms with Gasteiger partial charge in [-0.15, -0.1) is 0 Å².